The standard InChI is InChI=1S/C14H16N2O/c1-2-10-17-14-7-5-12(6-8-14)13(11-16)4-3-9-15/h5-8,13H,2-4,10H2,1H3. The van der Waals surface area contributed by atoms with Gasteiger partial charge in [-0.05, 0) is 30.5 Å². The fraction of sp³-hybridized carbons (Fsp3) is 0.429. The third kappa shape index (κ3) is 4.17. The van der Waals surface area contributed by atoms with E-state index in [4.69, 9.17) is 15.3 Å². The summed E-state index contributed by atoms with van der Waals surface area (Å²) in [7, 11) is 0. The van der Waals surface area contributed by atoms with Crippen LogP contribution in [0.1, 0.15) is 37.7 Å². The first-order chi connectivity index (χ1) is 8.31. The summed E-state index contributed by atoms with van der Waals surface area (Å²) < 4.78 is 5.47. The van der Waals surface area contributed by atoms with Crippen LogP contribution in [0.2, 0.25) is 0 Å². The summed E-state index contributed by atoms with van der Waals surface area (Å²) in [6.45, 7) is 2.76. The van der Waals surface area contributed by atoms with Gasteiger partial charge in [-0.15, -0.1) is 0 Å². The van der Waals surface area contributed by atoms with E-state index in [1.165, 1.54) is 0 Å². The lowest BCUT2D eigenvalue weighted by Gasteiger charge is -2.09. The molecular formula is C14H16N2O. The van der Waals surface area contributed by atoms with E-state index in [1.807, 2.05) is 24.3 Å². The molecule has 1 rings (SSSR count). The molecule has 0 spiro atoms. The van der Waals surface area contributed by atoms with E-state index < -0.39 is 0 Å². The van der Waals surface area contributed by atoms with Gasteiger partial charge in [-0.25, -0.2) is 0 Å². The lowest BCUT2D eigenvalue weighted by Crippen LogP contribution is -1.97. The van der Waals surface area contributed by atoms with Crippen LogP contribution in [0.25, 0.3) is 0 Å². The van der Waals surface area contributed by atoms with Gasteiger partial charge in [0.05, 0.1) is 24.7 Å². The molecule has 1 aromatic rings. The molecule has 1 unspecified atom stereocenters. The third-order valence-corrected chi connectivity index (χ3v) is 2.46. The monoisotopic (exact) mass is 228 g/mol. The van der Waals surface area contributed by atoms with Gasteiger partial charge in [-0.2, -0.15) is 10.5 Å². The third-order valence-electron chi connectivity index (χ3n) is 2.46. The maximum Gasteiger partial charge on any atom is 0.119 e. The van der Waals surface area contributed by atoms with Crippen LogP contribution < -0.4 is 4.74 Å². The number of nitrogens with zero attached hydrogens (tertiary/aromatic N) is 2. The predicted octanol–water partition coefficient (Wildman–Crippen LogP) is 3.39. The molecule has 0 bridgehead atoms. The summed E-state index contributed by atoms with van der Waals surface area (Å²) in [5, 5.41) is 17.5. The Balaban J connectivity index is 2.65. The molecule has 0 N–H and O–H groups in total. The number of nitriles is 2. The molecule has 17 heavy (non-hydrogen) atoms. The van der Waals surface area contributed by atoms with Crippen molar-refractivity contribution < 1.29 is 4.74 Å². The van der Waals surface area contributed by atoms with E-state index in [2.05, 4.69) is 19.1 Å². The van der Waals surface area contributed by atoms with Gasteiger partial charge in [0.25, 0.3) is 0 Å². The van der Waals surface area contributed by atoms with Crippen molar-refractivity contribution in [2.24, 2.45) is 0 Å². The maximum atomic E-state index is 9.03. The first-order valence-corrected chi connectivity index (χ1v) is 5.81. The van der Waals surface area contributed by atoms with Gasteiger partial charge >= 0.3 is 0 Å². The van der Waals surface area contributed by atoms with Crippen LogP contribution in [0.15, 0.2) is 24.3 Å². The van der Waals surface area contributed by atoms with Crippen LogP contribution in [-0.4, -0.2) is 6.61 Å². The Hall–Kier alpha value is -2.00. The van der Waals surface area contributed by atoms with Crippen molar-refractivity contribution in [3.63, 3.8) is 0 Å². The van der Waals surface area contributed by atoms with E-state index in [-0.39, 0.29) is 5.92 Å². The van der Waals surface area contributed by atoms with E-state index in [1.54, 1.807) is 0 Å². The summed E-state index contributed by atoms with van der Waals surface area (Å²) in [6, 6.07) is 11.8. The zero-order valence-corrected chi connectivity index (χ0v) is 10.0. The summed E-state index contributed by atoms with van der Waals surface area (Å²) >= 11 is 0. The van der Waals surface area contributed by atoms with Crippen LogP contribution in [0.3, 0.4) is 0 Å². The van der Waals surface area contributed by atoms with Crippen LogP contribution >= 0.6 is 0 Å². The molecule has 0 aliphatic carbocycles. The molecule has 0 radical (unpaired) electrons. The van der Waals surface area contributed by atoms with Gasteiger partial charge in [0.15, 0.2) is 0 Å². The molecule has 0 heterocycles. The van der Waals surface area contributed by atoms with Gasteiger partial charge in [0, 0.05) is 6.42 Å². The van der Waals surface area contributed by atoms with Gasteiger partial charge in [-0.3, -0.25) is 0 Å². The van der Waals surface area contributed by atoms with Crippen molar-refractivity contribution >= 4 is 0 Å². The number of rotatable bonds is 6. The number of ether oxygens (including phenoxy) is 1. The van der Waals surface area contributed by atoms with Crippen LogP contribution in [-0.2, 0) is 0 Å². The smallest absolute Gasteiger partial charge is 0.119 e. The predicted molar refractivity (Wildman–Crippen MR) is 65.4 cm³/mol. The summed E-state index contributed by atoms with van der Waals surface area (Å²) in [5.41, 5.74) is 0.951. The second kappa shape index (κ2) is 7.30. The van der Waals surface area contributed by atoms with E-state index in [0.717, 1.165) is 17.7 Å². The minimum Gasteiger partial charge on any atom is -0.494 e. The van der Waals surface area contributed by atoms with Crippen LogP contribution in [0.5, 0.6) is 5.75 Å². The zero-order chi connectivity index (χ0) is 12.5. The van der Waals surface area contributed by atoms with Gasteiger partial charge in [0.1, 0.15) is 5.75 Å². The van der Waals surface area contributed by atoms with Crippen LogP contribution in [0, 0.1) is 22.7 Å². The minimum absolute atomic E-state index is 0.199. The topological polar surface area (TPSA) is 56.8 Å². The normalized spacial score (nSPS) is 11.2. The molecule has 3 heteroatoms. The molecule has 0 saturated heterocycles. The Kier molecular flexibility index (Phi) is 5.61. The SMILES string of the molecule is CCCOc1ccc(C(C#N)CCC#N)cc1. The molecule has 0 amide bonds. The molecule has 0 saturated carbocycles. The number of benzene rings is 1. The van der Waals surface area contributed by atoms with Crippen LogP contribution in [0.4, 0.5) is 0 Å². The first-order valence-electron chi connectivity index (χ1n) is 5.81. The quantitative estimate of drug-likeness (QED) is 0.749. The van der Waals surface area contributed by atoms with Crippen molar-refractivity contribution in [3.8, 4) is 17.9 Å². The Bertz CT molecular complexity index is 411. The molecule has 1 atom stereocenters. The first kappa shape index (κ1) is 13.1. The molecule has 3 nitrogen and oxygen atoms in total. The summed E-state index contributed by atoms with van der Waals surface area (Å²) in [5.74, 6) is 0.627. The average molecular weight is 228 g/mol. The molecule has 0 aliphatic heterocycles. The van der Waals surface area contributed by atoms with Gasteiger partial charge in [-0.1, -0.05) is 19.1 Å². The Morgan fingerprint density at radius 3 is 2.47 bits per heavy atom. The fourth-order valence-electron chi connectivity index (χ4n) is 1.53. The maximum absolute atomic E-state index is 9.03. The second-order valence-corrected chi connectivity index (χ2v) is 3.80. The average Bonchev–Trinajstić information content (AvgIpc) is 2.38. The van der Waals surface area contributed by atoms with Gasteiger partial charge in [0.2, 0.25) is 0 Å². The highest BCUT2D eigenvalue weighted by Crippen LogP contribution is 2.22. The largest absolute Gasteiger partial charge is 0.494 e. The van der Waals surface area contributed by atoms with E-state index in [0.29, 0.717) is 19.4 Å². The number of hydrogen-bond donors (Lipinski definition) is 0. The van der Waals surface area contributed by atoms with Crippen molar-refractivity contribution in [1.82, 2.24) is 0 Å². The summed E-state index contributed by atoms with van der Waals surface area (Å²) in [4.78, 5) is 0. The number of hydrogen-bond acceptors (Lipinski definition) is 3. The molecule has 88 valence electrons. The highest BCUT2D eigenvalue weighted by molar-refractivity contribution is 5.32. The zero-order valence-electron chi connectivity index (χ0n) is 10.0. The Labute approximate surface area is 102 Å². The van der Waals surface area contributed by atoms with Crippen molar-refractivity contribution in [2.45, 2.75) is 32.1 Å². The highest BCUT2D eigenvalue weighted by atomic mass is 16.5. The lowest BCUT2D eigenvalue weighted by molar-refractivity contribution is 0.317. The summed E-state index contributed by atoms with van der Waals surface area (Å²) in [6.07, 6.45) is 1.97. The fourth-order valence-corrected chi connectivity index (χ4v) is 1.53. The Morgan fingerprint density at radius 2 is 1.94 bits per heavy atom. The lowest BCUT2D eigenvalue weighted by atomic mass is 9.96. The molecule has 0 aliphatic rings. The van der Waals surface area contributed by atoms with E-state index in [9.17, 15) is 0 Å². The van der Waals surface area contributed by atoms with E-state index >= 15 is 0 Å². The minimum atomic E-state index is -0.199. The van der Waals surface area contributed by atoms with Crippen molar-refractivity contribution in [2.75, 3.05) is 6.61 Å². The van der Waals surface area contributed by atoms with Gasteiger partial charge < -0.3 is 4.74 Å². The molecular weight excluding hydrogens is 212 g/mol. The van der Waals surface area contributed by atoms with Crippen molar-refractivity contribution in [3.05, 3.63) is 29.8 Å². The second-order valence-electron chi connectivity index (χ2n) is 3.80. The molecule has 0 aromatic heterocycles. The Morgan fingerprint density at radius 1 is 1.24 bits per heavy atom. The molecule has 0 fully saturated rings. The highest BCUT2D eigenvalue weighted by Gasteiger charge is 2.09. The molecule has 1 aromatic carbocycles. The van der Waals surface area contributed by atoms with Crippen molar-refractivity contribution in [1.29, 1.82) is 10.5 Å².